The summed E-state index contributed by atoms with van der Waals surface area (Å²) in [4.78, 5) is 28.4. The summed E-state index contributed by atoms with van der Waals surface area (Å²) in [7, 11) is 0. The van der Waals surface area contributed by atoms with Gasteiger partial charge in [-0.15, -0.1) is 0 Å². The van der Waals surface area contributed by atoms with Crippen molar-refractivity contribution in [1.82, 2.24) is 14.9 Å². The quantitative estimate of drug-likeness (QED) is 0.749. The van der Waals surface area contributed by atoms with Crippen LogP contribution in [0.25, 0.3) is 0 Å². The molecule has 1 aromatic heterocycles. The first-order chi connectivity index (χ1) is 13.2. The maximum absolute atomic E-state index is 12.7. The van der Waals surface area contributed by atoms with Crippen molar-refractivity contribution in [3.8, 4) is 0 Å². The van der Waals surface area contributed by atoms with Crippen LogP contribution in [0.1, 0.15) is 29.6 Å². The van der Waals surface area contributed by atoms with Gasteiger partial charge in [0.15, 0.2) is 0 Å². The fourth-order valence-corrected chi connectivity index (χ4v) is 4.10. The van der Waals surface area contributed by atoms with Crippen molar-refractivity contribution in [3.05, 3.63) is 46.6 Å². The lowest BCUT2D eigenvalue weighted by Crippen LogP contribution is -2.49. The van der Waals surface area contributed by atoms with Crippen LogP contribution in [-0.4, -0.2) is 60.0 Å². The number of piperidine rings is 1. The minimum atomic E-state index is 0.0904. The van der Waals surface area contributed by atoms with Crippen molar-refractivity contribution in [1.29, 1.82) is 0 Å². The monoisotopic (exact) mass is 429 g/mol. The third-order valence-electron chi connectivity index (χ3n) is 5.23. The Morgan fingerprint density at radius 3 is 2.44 bits per heavy atom. The van der Waals surface area contributed by atoms with E-state index in [2.05, 4.69) is 30.7 Å². The fourth-order valence-electron chi connectivity index (χ4n) is 3.70. The van der Waals surface area contributed by atoms with Crippen molar-refractivity contribution in [3.63, 3.8) is 0 Å². The summed E-state index contributed by atoms with van der Waals surface area (Å²) in [6, 6.07) is 9.55. The number of amides is 1. The molecule has 0 N–H and O–H groups in total. The largest absolute Gasteiger partial charge is 0.353 e. The maximum atomic E-state index is 12.7. The van der Waals surface area contributed by atoms with E-state index in [-0.39, 0.29) is 5.91 Å². The molecule has 1 aromatic carbocycles. The van der Waals surface area contributed by atoms with Crippen LogP contribution >= 0.6 is 15.9 Å². The molecule has 0 bridgehead atoms. The first kappa shape index (κ1) is 18.2. The van der Waals surface area contributed by atoms with Gasteiger partial charge >= 0.3 is 0 Å². The predicted molar refractivity (Wildman–Crippen MR) is 110 cm³/mol. The van der Waals surface area contributed by atoms with Crippen molar-refractivity contribution >= 4 is 33.6 Å². The van der Waals surface area contributed by atoms with Crippen molar-refractivity contribution in [2.45, 2.75) is 19.3 Å². The third kappa shape index (κ3) is 4.24. The van der Waals surface area contributed by atoms with E-state index in [1.165, 1.54) is 19.3 Å². The molecule has 2 aliphatic rings. The molecule has 7 heteroatoms. The maximum Gasteiger partial charge on any atom is 0.254 e. The summed E-state index contributed by atoms with van der Waals surface area (Å²) in [6.45, 7) is 5.06. The first-order valence-corrected chi connectivity index (χ1v) is 10.4. The second-order valence-corrected chi connectivity index (χ2v) is 7.97. The lowest BCUT2D eigenvalue weighted by molar-refractivity contribution is 0.0746. The van der Waals surface area contributed by atoms with Crippen LogP contribution in [0.2, 0.25) is 0 Å². The van der Waals surface area contributed by atoms with E-state index in [4.69, 9.17) is 4.98 Å². The summed E-state index contributed by atoms with van der Waals surface area (Å²) in [6.07, 6.45) is 5.57. The predicted octanol–water partition coefficient (Wildman–Crippen LogP) is 3.19. The zero-order valence-electron chi connectivity index (χ0n) is 15.4. The normalized spacial score (nSPS) is 17.9. The number of halogens is 1. The molecule has 4 rings (SSSR count). The average Bonchev–Trinajstić information content (AvgIpc) is 2.74. The standard InChI is InChI=1S/C20H24BrN5O/c21-17-6-4-5-16(15-17)19(27)25-13-11-24(12-14-25)18-7-8-22-20(23-18)26-9-2-1-3-10-26/h4-8,15H,1-3,9-14H2. The number of anilines is 2. The fraction of sp³-hybridized carbons (Fsp3) is 0.450. The molecule has 6 nitrogen and oxygen atoms in total. The molecule has 1 amide bonds. The lowest BCUT2D eigenvalue weighted by Gasteiger charge is -2.36. The van der Waals surface area contributed by atoms with Gasteiger partial charge in [-0.3, -0.25) is 4.79 Å². The Morgan fingerprint density at radius 2 is 1.70 bits per heavy atom. The molecule has 0 radical (unpaired) electrons. The van der Waals surface area contributed by atoms with Crippen molar-refractivity contribution in [2.24, 2.45) is 0 Å². The van der Waals surface area contributed by atoms with E-state index < -0.39 is 0 Å². The van der Waals surface area contributed by atoms with Crippen LogP contribution in [0.5, 0.6) is 0 Å². The highest BCUT2D eigenvalue weighted by Gasteiger charge is 2.24. The topological polar surface area (TPSA) is 52.6 Å². The van der Waals surface area contributed by atoms with E-state index in [9.17, 15) is 4.79 Å². The molecule has 0 spiro atoms. The molecule has 0 atom stereocenters. The van der Waals surface area contributed by atoms with Crippen LogP contribution in [-0.2, 0) is 0 Å². The van der Waals surface area contributed by atoms with Crippen molar-refractivity contribution < 1.29 is 4.79 Å². The van der Waals surface area contributed by atoms with Gasteiger partial charge in [-0.05, 0) is 43.5 Å². The van der Waals surface area contributed by atoms with Gasteiger partial charge in [-0.1, -0.05) is 22.0 Å². The van der Waals surface area contributed by atoms with Crippen LogP contribution < -0.4 is 9.80 Å². The molecule has 2 aromatic rings. The number of hydrogen-bond acceptors (Lipinski definition) is 5. The molecular formula is C20H24BrN5O. The Kier molecular flexibility index (Phi) is 5.57. The van der Waals surface area contributed by atoms with Gasteiger partial charge in [0.2, 0.25) is 5.95 Å². The summed E-state index contributed by atoms with van der Waals surface area (Å²) in [5.41, 5.74) is 0.729. The molecular weight excluding hydrogens is 406 g/mol. The first-order valence-electron chi connectivity index (χ1n) is 9.58. The Bertz CT molecular complexity index is 800. The molecule has 0 saturated carbocycles. The third-order valence-corrected chi connectivity index (χ3v) is 5.72. The Hall–Kier alpha value is -2.15. The highest BCUT2D eigenvalue weighted by molar-refractivity contribution is 9.10. The number of carbonyl (C=O) groups is 1. The highest BCUT2D eigenvalue weighted by atomic mass is 79.9. The lowest BCUT2D eigenvalue weighted by atomic mass is 10.1. The second-order valence-electron chi connectivity index (χ2n) is 7.05. The van der Waals surface area contributed by atoms with E-state index in [1.807, 2.05) is 41.4 Å². The average molecular weight is 430 g/mol. The van der Waals surface area contributed by atoms with Gasteiger partial charge in [0.05, 0.1) is 0 Å². The number of nitrogens with zero attached hydrogens (tertiary/aromatic N) is 5. The van der Waals surface area contributed by atoms with E-state index in [1.54, 1.807) is 0 Å². The minimum absolute atomic E-state index is 0.0904. The molecule has 2 fully saturated rings. The Labute approximate surface area is 168 Å². The number of rotatable bonds is 3. The zero-order valence-corrected chi connectivity index (χ0v) is 16.9. The number of benzene rings is 1. The zero-order chi connectivity index (χ0) is 18.6. The molecule has 2 aliphatic heterocycles. The molecule has 142 valence electrons. The van der Waals surface area contributed by atoms with Gasteiger partial charge < -0.3 is 14.7 Å². The Morgan fingerprint density at radius 1 is 0.926 bits per heavy atom. The van der Waals surface area contributed by atoms with E-state index in [0.717, 1.165) is 48.0 Å². The second kappa shape index (κ2) is 8.25. The molecule has 3 heterocycles. The van der Waals surface area contributed by atoms with Crippen LogP contribution in [0.15, 0.2) is 41.0 Å². The van der Waals surface area contributed by atoms with Gasteiger partial charge in [0.1, 0.15) is 5.82 Å². The van der Waals surface area contributed by atoms with E-state index >= 15 is 0 Å². The van der Waals surface area contributed by atoms with Gasteiger partial charge in [-0.2, -0.15) is 4.98 Å². The van der Waals surface area contributed by atoms with Crippen LogP contribution in [0.4, 0.5) is 11.8 Å². The summed E-state index contributed by atoms with van der Waals surface area (Å²) in [5, 5.41) is 0. The summed E-state index contributed by atoms with van der Waals surface area (Å²) < 4.78 is 0.929. The highest BCUT2D eigenvalue weighted by Crippen LogP contribution is 2.21. The van der Waals surface area contributed by atoms with Gasteiger partial charge in [0.25, 0.3) is 5.91 Å². The molecule has 2 saturated heterocycles. The summed E-state index contributed by atoms with van der Waals surface area (Å²) >= 11 is 3.44. The number of carbonyl (C=O) groups excluding carboxylic acids is 1. The van der Waals surface area contributed by atoms with Gasteiger partial charge in [-0.25, -0.2) is 4.98 Å². The SMILES string of the molecule is O=C(c1cccc(Br)c1)N1CCN(c2ccnc(N3CCCCC3)n2)CC1. The van der Waals surface area contributed by atoms with E-state index in [0.29, 0.717) is 13.1 Å². The molecule has 0 unspecified atom stereocenters. The number of hydrogen-bond donors (Lipinski definition) is 0. The molecule has 27 heavy (non-hydrogen) atoms. The van der Waals surface area contributed by atoms with Gasteiger partial charge in [0, 0.05) is 55.5 Å². The summed E-state index contributed by atoms with van der Waals surface area (Å²) in [5.74, 6) is 1.88. The molecule has 0 aliphatic carbocycles. The minimum Gasteiger partial charge on any atom is -0.353 e. The number of aromatic nitrogens is 2. The van der Waals surface area contributed by atoms with Crippen LogP contribution in [0, 0.1) is 0 Å². The Balaban J connectivity index is 1.40. The number of piperazine rings is 1. The smallest absolute Gasteiger partial charge is 0.254 e. The van der Waals surface area contributed by atoms with Crippen LogP contribution in [0.3, 0.4) is 0 Å². The van der Waals surface area contributed by atoms with Crippen molar-refractivity contribution in [2.75, 3.05) is 49.1 Å².